The Morgan fingerprint density at radius 2 is 1.82 bits per heavy atom. The number of aliphatic hydroxyl groups is 1. The molecule has 0 unspecified atom stereocenters. The Kier molecular flexibility index (Phi) is 15.5. The van der Waals surface area contributed by atoms with Gasteiger partial charge < -0.3 is 44.9 Å². The Morgan fingerprint density at radius 1 is 1.08 bits per heavy atom. The molecule has 19 nitrogen and oxygen atoms in total. The number of nitrogens with one attached hydrogen (secondary N) is 4. The van der Waals surface area contributed by atoms with E-state index in [-0.39, 0.29) is 66.2 Å². The number of nitrogens with zero attached hydrogens (tertiary/aromatic N) is 6. The second-order valence-electron chi connectivity index (χ2n) is 16.1. The van der Waals surface area contributed by atoms with Gasteiger partial charge in [0.1, 0.15) is 18.5 Å². The lowest BCUT2D eigenvalue weighted by molar-refractivity contribution is -0.908. The van der Waals surface area contributed by atoms with Gasteiger partial charge in [0, 0.05) is 58.4 Å². The standard InChI is InChI=1S/C47H54N10O9/c1-6-8-11-43(63-4)57(64-5)45(59)53-37-26-32-30-55(54-36(32)28-40(37)62-3)34-15-19-47(20-16-34,22-24-49)66-42-12-9-10-39(56(42)61)44(58)52-38-25-31(35(50)27-41(38)65-7-2)29-51-33-13-17-46(60,18-14-33)21-23-48/h6,8-12,25-30,33-34,50,60-61H,1,7,13-22H2,2-5H3,(H-,53,58,59)/p+2/b11-8-,50-35?,57-43-. The third kappa shape index (κ3) is 11.0. The fourth-order valence-electron chi connectivity index (χ4n) is 8.27. The molecule has 2 fully saturated rings. The highest BCUT2D eigenvalue weighted by Crippen LogP contribution is 2.40. The smallest absolute Gasteiger partial charge is 0.492 e. The molecular weight excluding hydrogens is 849 g/mol. The molecule has 66 heavy (non-hydrogen) atoms. The zero-order chi connectivity index (χ0) is 47.4. The third-order valence-corrected chi connectivity index (χ3v) is 11.9. The minimum Gasteiger partial charge on any atom is -0.492 e. The number of hydrogen-bond donors (Lipinski definition) is 6. The molecule has 346 valence electrons. The van der Waals surface area contributed by atoms with Crippen molar-refractivity contribution in [1.29, 1.82) is 15.9 Å². The maximum Gasteiger partial charge on any atom is 0.539 e. The Hall–Kier alpha value is -7.64. The molecule has 0 atom stereocenters. The topological polar surface area (TPSA) is 253 Å². The number of aromatic nitrogens is 3. The highest BCUT2D eigenvalue weighted by molar-refractivity contribution is 6.10. The maximum atomic E-state index is 13.8. The zero-order valence-corrected chi connectivity index (χ0v) is 37.5. The van der Waals surface area contributed by atoms with E-state index in [9.17, 15) is 25.2 Å². The van der Waals surface area contributed by atoms with Crippen molar-refractivity contribution in [3.63, 3.8) is 0 Å². The van der Waals surface area contributed by atoms with Gasteiger partial charge in [-0.25, -0.2) is 0 Å². The first-order valence-corrected chi connectivity index (χ1v) is 21.6. The van der Waals surface area contributed by atoms with Crippen LogP contribution in [0.25, 0.3) is 10.9 Å². The van der Waals surface area contributed by atoms with Crippen LogP contribution in [0.1, 0.15) is 87.7 Å². The van der Waals surface area contributed by atoms with Crippen molar-refractivity contribution in [2.24, 2.45) is 0 Å². The van der Waals surface area contributed by atoms with Crippen molar-refractivity contribution < 1.29 is 53.2 Å². The van der Waals surface area contributed by atoms with Gasteiger partial charge in [-0.05, 0) is 76.5 Å². The molecular formula is C47H56N10O9+2. The molecule has 3 aliphatic rings. The largest absolute Gasteiger partial charge is 0.539 e. The number of anilines is 1. The van der Waals surface area contributed by atoms with Crippen LogP contribution in [0.3, 0.4) is 0 Å². The Labute approximate surface area is 382 Å². The number of pyridine rings is 1. The highest BCUT2D eigenvalue weighted by atomic mass is 16.7. The molecule has 6 N–H and O–H groups in total. The highest BCUT2D eigenvalue weighted by Gasteiger charge is 2.42. The molecule has 0 spiro atoms. The number of benzene rings is 1. The predicted octanol–water partition coefficient (Wildman–Crippen LogP) is 5.94. The van der Waals surface area contributed by atoms with Crippen LogP contribution < -0.4 is 30.2 Å². The lowest BCUT2D eigenvalue weighted by atomic mass is 9.80. The van der Waals surface area contributed by atoms with Crippen LogP contribution in [0.5, 0.6) is 11.6 Å². The Bertz CT molecular complexity index is 2580. The number of urea groups is 1. The lowest BCUT2D eigenvalue weighted by Gasteiger charge is -2.37. The van der Waals surface area contributed by atoms with E-state index in [0.717, 1.165) is 10.1 Å². The van der Waals surface area contributed by atoms with Gasteiger partial charge in [0.15, 0.2) is 11.4 Å². The molecule has 0 saturated heterocycles. The van der Waals surface area contributed by atoms with E-state index in [1.807, 2.05) is 10.9 Å². The molecule has 1 aromatic carbocycles. The fourth-order valence-corrected chi connectivity index (χ4v) is 8.27. The normalized spacial score (nSPS) is 22.8. The van der Waals surface area contributed by atoms with Crippen LogP contribution in [0.4, 0.5) is 10.5 Å². The number of hydrogen-bond acceptors (Lipinski definition) is 14. The molecule has 19 heteroatoms. The van der Waals surface area contributed by atoms with E-state index in [1.165, 1.54) is 51.7 Å². The zero-order valence-electron chi connectivity index (χ0n) is 37.5. The van der Waals surface area contributed by atoms with Gasteiger partial charge in [0.2, 0.25) is 0 Å². The summed E-state index contributed by atoms with van der Waals surface area (Å²) in [5.74, 6) is 0.0598. The van der Waals surface area contributed by atoms with Gasteiger partial charge in [-0.3, -0.25) is 14.7 Å². The summed E-state index contributed by atoms with van der Waals surface area (Å²) in [6.07, 6.45) is 15.7. The number of fused-ring (bicyclic) bond motifs is 1. The van der Waals surface area contributed by atoms with Gasteiger partial charge in [-0.15, -0.1) is 0 Å². The molecule has 0 bridgehead atoms. The Balaban J connectivity index is 1.15. The van der Waals surface area contributed by atoms with Crippen molar-refractivity contribution in [1.82, 2.24) is 20.4 Å². The summed E-state index contributed by atoms with van der Waals surface area (Å²) in [6, 6.07) is 11.6. The van der Waals surface area contributed by atoms with E-state index < -0.39 is 23.1 Å². The lowest BCUT2D eigenvalue weighted by Crippen LogP contribution is -2.48. The number of nitriles is 2. The number of hydroxylamine groups is 1. The van der Waals surface area contributed by atoms with Crippen molar-refractivity contribution in [3.8, 4) is 23.8 Å². The van der Waals surface area contributed by atoms with E-state index >= 15 is 0 Å². The van der Waals surface area contributed by atoms with E-state index in [2.05, 4.69) is 34.7 Å². The van der Waals surface area contributed by atoms with Crippen molar-refractivity contribution in [2.75, 3.05) is 33.3 Å². The summed E-state index contributed by atoms with van der Waals surface area (Å²) in [7, 11) is 4.23. The second kappa shape index (κ2) is 21.4. The van der Waals surface area contributed by atoms with Gasteiger partial charge in [0.25, 0.3) is 0 Å². The van der Waals surface area contributed by atoms with Crippen LogP contribution in [-0.4, -0.2) is 93.6 Å². The summed E-state index contributed by atoms with van der Waals surface area (Å²) in [5, 5.41) is 64.2. The third-order valence-electron chi connectivity index (χ3n) is 11.9. The minimum atomic E-state index is -0.985. The van der Waals surface area contributed by atoms with Crippen molar-refractivity contribution in [3.05, 3.63) is 102 Å². The Morgan fingerprint density at radius 3 is 2.47 bits per heavy atom. The van der Waals surface area contributed by atoms with Gasteiger partial charge in [-0.2, -0.15) is 25.7 Å². The van der Waals surface area contributed by atoms with Crippen molar-refractivity contribution in [2.45, 2.75) is 94.4 Å². The average molecular weight is 905 g/mol. The molecule has 6 rings (SSSR count). The molecule has 3 aromatic rings. The number of carbonyl (C=O) groups is 2. The molecule has 3 amide bonds. The van der Waals surface area contributed by atoms with E-state index in [0.29, 0.717) is 78.6 Å². The first-order valence-electron chi connectivity index (χ1n) is 21.6. The first kappa shape index (κ1) is 47.8. The number of rotatable bonds is 16. The van der Waals surface area contributed by atoms with Gasteiger partial charge >= 0.3 is 29.4 Å². The minimum absolute atomic E-state index is 0.0215. The number of ether oxygens (including phenoxy) is 4. The number of allylic oxidation sites excluding steroid dienone is 5. The molecule has 0 radical (unpaired) electrons. The van der Waals surface area contributed by atoms with Gasteiger partial charge in [0.05, 0.1) is 85.2 Å². The first-order chi connectivity index (χ1) is 31.8. The summed E-state index contributed by atoms with van der Waals surface area (Å²) in [4.78, 5) is 32.4. The van der Waals surface area contributed by atoms with Crippen molar-refractivity contribution >= 4 is 40.1 Å². The molecule has 2 heterocycles. The van der Waals surface area contributed by atoms with Crippen LogP contribution in [-0.2, 0) is 14.3 Å². The molecule has 0 aliphatic heterocycles. The van der Waals surface area contributed by atoms with Gasteiger partial charge in [-0.1, -0.05) is 18.7 Å². The second-order valence-corrected chi connectivity index (χ2v) is 16.1. The quantitative estimate of drug-likeness (QED) is 0.0244. The molecule has 3 aliphatic carbocycles. The van der Waals surface area contributed by atoms with E-state index in [4.69, 9.17) is 39.6 Å². The van der Waals surface area contributed by atoms with Crippen LogP contribution in [0.15, 0.2) is 96.7 Å². The maximum absolute atomic E-state index is 13.8. The molecule has 2 aromatic heterocycles. The van der Waals surface area contributed by atoms with E-state index in [1.54, 1.807) is 43.5 Å². The average Bonchev–Trinajstić information content (AvgIpc) is 3.72. The monoisotopic (exact) mass is 904 g/mol. The fraction of sp³-hybridized carbons (Fsp3) is 0.404. The summed E-state index contributed by atoms with van der Waals surface area (Å²) in [5.41, 5.74) is -0.189. The predicted molar refractivity (Wildman–Crippen MR) is 240 cm³/mol. The molecule has 2 saturated carbocycles. The number of amides is 3. The summed E-state index contributed by atoms with van der Waals surface area (Å²) >= 11 is 0. The number of methoxy groups -OCH3 is 2. The van der Waals surface area contributed by atoms with Crippen LogP contribution in [0, 0.1) is 28.1 Å². The van der Waals surface area contributed by atoms with Crippen LogP contribution in [0.2, 0.25) is 0 Å². The number of carbonyl (C=O) groups excluding carboxylic acids is 2. The SMILES string of the molecule is C=C/C=C\C(OC)=[N+](\OC)C(=O)Nc1cc2cn(C3CCC(CC#N)(Oc4cccc(C(=O)NC5=C/C(=C/NC6CCC(O)(CC#N)CC6)C(=N)C=C5OCC)[n+]4O)CC3)nc2cc1OC. The van der Waals surface area contributed by atoms with Crippen LogP contribution >= 0.6 is 0 Å². The summed E-state index contributed by atoms with van der Waals surface area (Å²) < 4.78 is 26.6. The summed E-state index contributed by atoms with van der Waals surface area (Å²) in [6.45, 7) is 5.69.